The molecule has 7 heteroatoms. The fraction of sp³-hybridized carbons (Fsp3) is 0.824. The molecule has 1 aliphatic carbocycles. The minimum atomic E-state index is 0.343. The number of ether oxygens (including phenoxy) is 1. The zero-order chi connectivity index (χ0) is 17.3. The summed E-state index contributed by atoms with van der Waals surface area (Å²) in [6, 6.07) is 0. The third-order valence-corrected chi connectivity index (χ3v) is 4.80. The van der Waals surface area contributed by atoms with Crippen LogP contribution in [0, 0.1) is 5.41 Å². The van der Waals surface area contributed by atoms with Crippen molar-refractivity contribution in [2.45, 2.75) is 52.5 Å². The maximum atomic E-state index is 5.59. The monoisotopic (exact) mass is 336 g/mol. The van der Waals surface area contributed by atoms with Gasteiger partial charge in [-0.3, -0.25) is 4.68 Å². The Labute approximate surface area is 145 Å². The van der Waals surface area contributed by atoms with Crippen molar-refractivity contribution < 1.29 is 4.74 Å². The fourth-order valence-electron chi connectivity index (χ4n) is 3.30. The van der Waals surface area contributed by atoms with Crippen LogP contribution in [0.2, 0.25) is 0 Å². The molecule has 1 aromatic rings. The van der Waals surface area contributed by atoms with Gasteiger partial charge >= 0.3 is 0 Å². The molecule has 136 valence electrons. The Morgan fingerprint density at radius 3 is 2.75 bits per heavy atom. The van der Waals surface area contributed by atoms with Gasteiger partial charge < -0.3 is 15.4 Å². The quantitative estimate of drug-likeness (QED) is 0.409. The van der Waals surface area contributed by atoms with E-state index in [2.05, 4.69) is 39.6 Å². The van der Waals surface area contributed by atoms with Gasteiger partial charge in [0.05, 0.1) is 0 Å². The van der Waals surface area contributed by atoms with Crippen molar-refractivity contribution in [2.75, 3.05) is 26.3 Å². The first-order chi connectivity index (χ1) is 11.7. The molecular formula is C17H32N6O. The van der Waals surface area contributed by atoms with Gasteiger partial charge in [0.2, 0.25) is 0 Å². The summed E-state index contributed by atoms with van der Waals surface area (Å²) in [6.45, 7) is 8.11. The van der Waals surface area contributed by atoms with Gasteiger partial charge in [0.15, 0.2) is 5.96 Å². The van der Waals surface area contributed by atoms with E-state index in [9.17, 15) is 0 Å². The van der Waals surface area contributed by atoms with Gasteiger partial charge in [-0.15, -0.1) is 0 Å². The third kappa shape index (κ3) is 5.47. The molecule has 7 nitrogen and oxygen atoms in total. The molecule has 0 bridgehead atoms. The van der Waals surface area contributed by atoms with Gasteiger partial charge in [-0.25, -0.2) is 9.98 Å². The van der Waals surface area contributed by atoms with Gasteiger partial charge in [0.25, 0.3) is 0 Å². The lowest BCUT2D eigenvalue weighted by molar-refractivity contribution is 0.105. The average Bonchev–Trinajstić information content (AvgIpc) is 3.20. The molecule has 1 aliphatic rings. The molecule has 24 heavy (non-hydrogen) atoms. The standard InChI is InChI=1S/C17H32N6O/c1-4-18-16(19-12-15-21-14-22-23(15)3)20-13-17(8-6-7-9-17)10-11-24-5-2/h14H,4-13H2,1-3H3,(H2,18,19,20). The summed E-state index contributed by atoms with van der Waals surface area (Å²) < 4.78 is 7.35. The average molecular weight is 336 g/mol. The second kappa shape index (κ2) is 9.61. The Bertz CT molecular complexity index is 507. The van der Waals surface area contributed by atoms with E-state index >= 15 is 0 Å². The molecule has 2 N–H and O–H groups in total. The first kappa shape index (κ1) is 18.7. The van der Waals surface area contributed by atoms with Crippen molar-refractivity contribution >= 4 is 5.96 Å². The fourth-order valence-corrected chi connectivity index (χ4v) is 3.30. The Balaban J connectivity index is 1.92. The number of aryl methyl sites for hydroxylation is 1. The second-order valence-corrected chi connectivity index (χ2v) is 6.50. The van der Waals surface area contributed by atoms with Crippen LogP contribution in [-0.4, -0.2) is 47.0 Å². The molecule has 0 saturated heterocycles. The lowest BCUT2D eigenvalue weighted by Crippen LogP contribution is -2.43. The van der Waals surface area contributed by atoms with Gasteiger partial charge in [0.1, 0.15) is 18.7 Å². The van der Waals surface area contributed by atoms with E-state index in [-0.39, 0.29) is 0 Å². The van der Waals surface area contributed by atoms with E-state index < -0.39 is 0 Å². The van der Waals surface area contributed by atoms with Gasteiger partial charge in [0, 0.05) is 33.4 Å². The van der Waals surface area contributed by atoms with Crippen molar-refractivity contribution in [1.82, 2.24) is 25.4 Å². The van der Waals surface area contributed by atoms with Crippen LogP contribution in [-0.2, 0) is 18.3 Å². The van der Waals surface area contributed by atoms with Crippen molar-refractivity contribution in [2.24, 2.45) is 17.5 Å². The molecule has 1 saturated carbocycles. The first-order valence-corrected chi connectivity index (χ1v) is 9.12. The van der Waals surface area contributed by atoms with Gasteiger partial charge in [-0.1, -0.05) is 12.8 Å². The highest BCUT2D eigenvalue weighted by molar-refractivity contribution is 5.79. The van der Waals surface area contributed by atoms with Crippen molar-refractivity contribution in [3.8, 4) is 0 Å². The van der Waals surface area contributed by atoms with Gasteiger partial charge in [-0.05, 0) is 38.5 Å². The lowest BCUT2D eigenvalue weighted by Gasteiger charge is -2.30. The smallest absolute Gasteiger partial charge is 0.191 e. The molecule has 0 aromatic carbocycles. The number of rotatable bonds is 9. The molecule has 0 atom stereocenters. The predicted molar refractivity (Wildman–Crippen MR) is 95.8 cm³/mol. The van der Waals surface area contributed by atoms with Crippen molar-refractivity contribution in [3.05, 3.63) is 12.2 Å². The number of nitrogens with one attached hydrogen (secondary N) is 2. The van der Waals surface area contributed by atoms with Crippen LogP contribution in [0.5, 0.6) is 0 Å². The number of aromatic nitrogens is 3. The van der Waals surface area contributed by atoms with E-state index in [4.69, 9.17) is 4.74 Å². The molecule has 0 spiro atoms. The highest BCUT2D eigenvalue weighted by Gasteiger charge is 2.33. The summed E-state index contributed by atoms with van der Waals surface area (Å²) in [5.41, 5.74) is 0.343. The highest BCUT2D eigenvalue weighted by Crippen LogP contribution is 2.40. The number of guanidine groups is 1. The Morgan fingerprint density at radius 1 is 1.33 bits per heavy atom. The maximum Gasteiger partial charge on any atom is 0.191 e. The van der Waals surface area contributed by atoms with E-state index in [1.165, 1.54) is 25.7 Å². The molecule has 0 aliphatic heterocycles. The number of aliphatic imine (C=N–C) groups is 1. The van der Waals surface area contributed by atoms with Gasteiger partial charge in [-0.2, -0.15) is 5.10 Å². The number of hydrogen-bond donors (Lipinski definition) is 2. The van der Waals surface area contributed by atoms with E-state index in [0.29, 0.717) is 12.0 Å². The Hall–Kier alpha value is -1.63. The lowest BCUT2D eigenvalue weighted by atomic mass is 9.83. The number of nitrogens with zero attached hydrogens (tertiary/aromatic N) is 4. The molecule has 1 fully saturated rings. The van der Waals surface area contributed by atoms with E-state index in [1.807, 2.05) is 7.05 Å². The zero-order valence-electron chi connectivity index (χ0n) is 15.3. The molecule has 1 heterocycles. The Morgan fingerprint density at radius 2 is 2.12 bits per heavy atom. The van der Waals surface area contributed by atoms with E-state index in [0.717, 1.165) is 44.5 Å². The Kier molecular flexibility index (Phi) is 7.49. The van der Waals surface area contributed by atoms with Crippen LogP contribution in [0.4, 0.5) is 0 Å². The molecule has 0 unspecified atom stereocenters. The van der Waals surface area contributed by atoms with Crippen molar-refractivity contribution in [1.29, 1.82) is 0 Å². The minimum absolute atomic E-state index is 0.343. The van der Waals surface area contributed by atoms with Crippen LogP contribution in [0.3, 0.4) is 0 Å². The normalized spacial score (nSPS) is 17.2. The topological polar surface area (TPSA) is 76.4 Å². The molecule has 0 amide bonds. The molecular weight excluding hydrogens is 304 g/mol. The zero-order valence-corrected chi connectivity index (χ0v) is 15.3. The van der Waals surface area contributed by atoms with Crippen LogP contribution in [0.1, 0.15) is 51.8 Å². The summed E-state index contributed by atoms with van der Waals surface area (Å²) in [5.74, 6) is 1.71. The summed E-state index contributed by atoms with van der Waals surface area (Å²) >= 11 is 0. The molecule has 1 aromatic heterocycles. The summed E-state index contributed by atoms with van der Waals surface area (Å²) in [7, 11) is 1.89. The molecule has 2 rings (SSSR count). The summed E-state index contributed by atoms with van der Waals surface area (Å²) in [6.07, 6.45) is 7.87. The SMILES string of the molecule is CCNC(=NCc1ncnn1C)NCC1(CCOCC)CCCC1. The minimum Gasteiger partial charge on any atom is -0.382 e. The van der Waals surface area contributed by atoms with Crippen molar-refractivity contribution in [3.63, 3.8) is 0 Å². The predicted octanol–water partition coefficient (Wildman–Crippen LogP) is 1.86. The summed E-state index contributed by atoms with van der Waals surface area (Å²) in [4.78, 5) is 8.87. The van der Waals surface area contributed by atoms with Crippen LogP contribution < -0.4 is 10.6 Å². The van der Waals surface area contributed by atoms with Crippen LogP contribution in [0.15, 0.2) is 11.3 Å². The third-order valence-electron chi connectivity index (χ3n) is 4.80. The molecule has 0 radical (unpaired) electrons. The number of hydrogen-bond acceptors (Lipinski definition) is 4. The first-order valence-electron chi connectivity index (χ1n) is 9.12. The second-order valence-electron chi connectivity index (χ2n) is 6.50. The maximum absolute atomic E-state index is 5.59. The van der Waals surface area contributed by atoms with Crippen LogP contribution in [0.25, 0.3) is 0 Å². The largest absolute Gasteiger partial charge is 0.382 e. The van der Waals surface area contributed by atoms with E-state index in [1.54, 1.807) is 11.0 Å². The summed E-state index contributed by atoms with van der Waals surface area (Å²) in [5, 5.41) is 10.9. The highest BCUT2D eigenvalue weighted by atomic mass is 16.5. The van der Waals surface area contributed by atoms with Crippen LogP contribution >= 0.6 is 0 Å².